The number of hydrogen-bond donors (Lipinski definition) is 1. The summed E-state index contributed by atoms with van der Waals surface area (Å²) in [6, 6.07) is 9.06. The van der Waals surface area contributed by atoms with E-state index in [0.717, 1.165) is 24.2 Å². The summed E-state index contributed by atoms with van der Waals surface area (Å²) in [5.74, 6) is 0.414. The molecule has 1 unspecified atom stereocenters. The lowest BCUT2D eigenvalue weighted by atomic mass is 9.93. The number of carbonyl (C=O) groups is 2. The minimum Gasteiger partial charge on any atom is -0.480 e. The SMILES string of the molecule is O=C(O)C1CSCCN1C(=O)C1(c2ccccc2)CC1. The van der Waals surface area contributed by atoms with Gasteiger partial charge in [-0.05, 0) is 18.4 Å². The number of thioether (sulfide) groups is 1. The van der Waals surface area contributed by atoms with Crippen LogP contribution in [0.3, 0.4) is 0 Å². The summed E-state index contributed by atoms with van der Waals surface area (Å²) < 4.78 is 0. The highest BCUT2D eigenvalue weighted by Gasteiger charge is 2.54. The van der Waals surface area contributed by atoms with Gasteiger partial charge in [0.2, 0.25) is 5.91 Å². The fourth-order valence-electron chi connectivity index (χ4n) is 2.83. The van der Waals surface area contributed by atoms with Crippen molar-refractivity contribution in [1.29, 1.82) is 0 Å². The van der Waals surface area contributed by atoms with Gasteiger partial charge in [-0.2, -0.15) is 11.8 Å². The van der Waals surface area contributed by atoms with E-state index in [9.17, 15) is 14.7 Å². The molecule has 0 bridgehead atoms. The summed E-state index contributed by atoms with van der Waals surface area (Å²) >= 11 is 1.60. The van der Waals surface area contributed by atoms with Gasteiger partial charge in [0.25, 0.3) is 0 Å². The standard InChI is InChI=1S/C15H17NO3S/c17-13(18)12-10-20-9-8-16(12)14(19)15(6-7-15)11-4-2-1-3-5-11/h1-5,12H,6-10H2,(H,17,18). The molecule has 3 rings (SSSR count). The Kier molecular flexibility index (Phi) is 3.46. The van der Waals surface area contributed by atoms with Gasteiger partial charge in [-0.3, -0.25) is 4.79 Å². The van der Waals surface area contributed by atoms with Crippen molar-refractivity contribution in [1.82, 2.24) is 4.90 Å². The number of amides is 1. The van der Waals surface area contributed by atoms with Crippen molar-refractivity contribution in [3.8, 4) is 0 Å². The van der Waals surface area contributed by atoms with Gasteiger partial charge >= 0.3 is 5.97 Å². The number of nitrogens with zero attached hydrogens (tertiary/aromatic N) is 1. The summed E-state index contributed by atoms with van der Waals surface area (Å²) in [6.45, 7) is 0.537. The average Bonchev–Trinajstić information content (AvgIpc) is 3.29. The van der Waals surface area contributed by atoms with Crippen LogP contribution in [0.1, 0.15) is 18.4 Å². The number of rotatable bonds is 3. The van der Waals surface area contributed by atoms with Crippen LogP contribution in [0.15, 0.2) is 30.3 Å². The summed E-state index contributed by atoms with van der Waals surface area (Å²) in [7, 11) is 0. The van der Waals surface area contributed by atoms with E-state index in [2.05, 4.69) is 0 Å². The predicted octanol–water partition coefficient (Wildman–Crippen LogP) is 1.75. The van der Waals surface area contributed by atoms with Crippen molar-refractivity contribution < 1.29 is 14.7 Å². The number of benzene rings is 1. The third-order valence-electron chi connectivity index (χ3n) is 4.16. The maximum absolute atomic E-state index is 12.9. The second-order valence-corrected chi connectivity index (χ2v) is 6.53. The van der Waals surface area contributed by atoms with Gasteiger partial charge in [-0.25, -0.2) is 4.79 Å². The lowest BCUT2D eigenvalue weighted by Gasteiger charge is -2.35. The highest BCUT2D eigenvalue weighted by molar-refractivity contribution is 7.99. The molecule has 0 aromatic heterocycles. The van der Waals surface area contributed by atoms with Crippen LogP contribution in [0.25, 0.3) is 0 Å². The van der Waals surface area contributed by atoms with Crippen LogP contribution in [0.2, 0.25) is 0 Å². The monoisotopic (exact) mass is 291 g/mol. The normalized spacial score (nSPS) is 24.2. The van der Waals surface area contributed by atoms with E-state index in [1.54, 1.807) is 16.7 Å². The largest absolute Gasteiger partial charge is 0.480 e. The Balaban J connectivity index is 1.86. The fourth-order valence-corrected chi connectivity index (χ4v) is 3.87. The Hall–Kier alpha value is -1.49. The molecule has 2 fully saturated rings. The Labute approximate surface area is 122 Å². The van der Waals surface area contributed by atoms with Crippen LogP contribution < -0.4 is 0 Å². The van der Waals surface area contributed by atoms with Crippen LogP contribution >= 0.6 is 11.8 Å². The molecular formula is C15H17NO3S. The molecule has 1 aromatic rings. The maximum atomic E-state index is 12.9. The molecule has 1 N–H and O–H groups in total. The number of hydrogen-bond acceptors (Lipinski definition) is 3. The minimum atomic E-state index is -0.894. The van der Waals surface area contributed by atoms with Crippen molar-refractivity contribution in [2.75, 3.05) is 18.1 Å². The fraction of sp³-hybridized carbons (Fsp3) is 0.467. The average molecular weight is 291 g/mol. The highest BCUT2D eigenvalue weighted by Crippen LogP contribution is 2.50. The third-order valence-corrected chi connectivity index (χ3v) is 5.18. The zero-order valence-electron chi connectivity index (χ0n) is 11.1. The summed E-state index contributed by atoms with van der Waals surface area (Å²) in [4.78, 5) is 25.8. The summed E-state index contributed by atoms with van der Waals surface area (Å²) in [5.41, 5.74) is 0.559. The van der Waals surface area contributed by atoms with Gasteiger partial charge in [-0.15, -0.1) is 0 Å². The molecular weight excluding hydrogens is 274 g/mol. The van der Waals surface area contributed by atoms with E-state index >= 15 is 0 Å². The lowest BCUT2D eigenvalue weighted by Crippen LogP contribution is -2.53. The minimum absolute atomic E-state index is 0.00333. The van der Waals surface area contributed by atoms with Crippen molar-refractivity contribution >= 4 is 23.6 Å². The second-order valence-electron chi connectivity index (χ2n) is 5.38. The van der Waals surface area contributed by atoms with Gasteiger partial charge in [0.15, 0.2) is 0 Å². The topological polar surface area (TPSA) is 57.6 Å². The molecule has 1 aliphatic heterocycles. The molecule has 1 aliphatic carbocycles. The highest BCUT2D eigenvalue weighted by atomic mass is 32.2. The van der Waals surface area contributed by atoms with E-state index < -0.39 is 17.4 Å². The van der Waals surface area contributed by atoms with Crippen LogP contribution in [0.5, 0.6) is 0 Å². The van der Waals surface area contributed by atoms with E-state index in [4.69, 9.17) is 0 Å². The zero-order chi connectivity index (χ0) is 14.2. The van der Waals surface area contributed by atoms with Crippen molar-refractivity contribution in [3.63, 3.8) is 0 Å². The Morgan fingerprint density at radius 1 is 1.25 bits per heavy atom. The van der Waals surface area contributed by atoms with Crippen molar-refractivity contribution in [2.24, 2.45) is 0 Å². The first-order valence-corrected chi connectivity index (χ1v) is 7.98. The molecule has 20 heavy (non-hydrogen) atoms. The molecule has 5 heteroatoms. The molecule has 1 aromatic carbocycles. The van der Waals surface area contributed by atoms with Gasteiger partial charge in [0, 0.05) is 18.1 Å². The molecule has 1 heterocycles. The van der Waals surface area contributed by atoms with Gasteiger partial charge in [0.05, 0.1) is 5.41 Å². The molecule has 106 valence electrons. The van der Waals surface area contributed by atoms with Gasteiger partial charge in [0.1, 0.15) is 6.04 Å². The van der Waals surface area contributed by atoms with Crippen LogP contribution in [0, 0.1) is 0 Å². The Morgan fingerprint density at radius 3 is 2.55 bits per heavy atom. The Morgan fingerprint density at radius 2 is 1.95 bits per heavy atom. The smallest absolute Gasteiger partial charge is 0.327 e. The van der Waals surface area contributed by atoms with Gasteiger partial charge < -0.3 is 10.0 Å². The lowest BCUT2D eigenvalue weighted by molar-refractivity contribution is -0.150. The molecule has 0 radical (unpaired) electrons. The summed E-state index contributed by atoms with van der Waals surface area (Å²) in [6.07, 6.45) is 1.65. The maximum Gasteiger partial charge on any atom is 0.327 e. The molecule has 1 amide bonds. The molecule has 1 atom stereocenters. The second kappa shape index (κ2) is 5.13. The van der Waals surface area contributed by atoms with E-state index in [1.165, 1.54) is 0 Å². The van der Waals surface area contributed by atoms with Crippen LogP contribution in [-0.2, 0) is 15.0 Å². The first-order chi connectivity index (χ1) is 9.65. The predicted molar refractivity (Wildman–Crippen MR) is 77.8 cm³/mol. The molecule has 1 saturated carbocycles. The van der Waals surface area contributed by atoms with Crippen LogP contribution in [-0.4, -0.2) is 46.0 Å². The summed E-state index contributed by atoms with van der Waals surface area (Å²) in [5, 5.41) is 9.31. The number of carbonyl (C=O) groups excluding carboxylic acids is 1. The van der Waals surface area contributed by atoms with Crippen molar-refractivity contribution in [3.05, 3.63) is 35.9 Å². The number of carboxylic acid groups (broad SMARTS) is 1. The molecule has 4 nitrogen and oxygen atoms in total. The van der Waals surface area contributed by atoms with Crippen molar-refractivity contribution in [2.45, 2.75) is 24.3 Å². The molecule has 0 spiro atoms. The Bertz CT molecular complexity index is 527. The molecule has 1 saturated heterocycles. The third kappa shape index (κ3) is 2.20. The van der Waals surface area contributed by atoms with Crippen LogP contribution in [0.4, 0.5) is 0 Å². The quantitative estimate of drug-likeness (QED) is 0.921. The first kappa shape index (κ1) is 13.5. The molecule has 2 aliphatic rings. The van der Waals surface area contributed by atoms with Gasteiger partial charge in [-0.1, -0.05) is 30.3 Å². The number of carboxylic acids is 1. The van der Waals surface area contributed by atoms with E-state index in [0.29, 0.717) is 12.3 Å². The first-order valence-electron chi connectivity index (χ1n) is 6.82. The van der Waals surface area contributed by atoms with E-state index in [-0.39, 0.29) is 5.91 Å². The van der Waals surface area contributed by atoms with E-state index in [1.807, 2.05) is 30.3 Å². The zero-order valence-corrected chi connectivity index (χ0v) is 11.9. The number of aliphatic carboxylic acids is 1.